The lowest BCUT2D eigenvalue weighted by molar-refractivity contribution is 0.148. The summed E-state index contributed by atoms with van der Waals surface area (Å²) in [6, 6.07) is 18.6. The summed E-state index contributed by atoms with van der Waals surface area (Å²) in [6.45, 7) is 5.59. The Morgan fingerprint density at radius 3 is 2.30 bits per heavy atom. The van der Waals surface area contributed by atoms with Crippen molar-refractivity contribution in [3.8, 4) is 16.9 Å². The van der Waals surface area contributed by atoms with Gasteiger partial charge in [-0.2, -0.15) is 0 Å². The van der Waals surface area contributed by atoms with Crippen LogP contribution in [0.5, 0.6) is 5.75 Å². The van der Waals surface area contributed by atoms with Crippen LogP contribution in [0.3, 0.4) is 0 Å². The van der Waals surface area contributed by atoms with Crippen molar-refractivity contribution in [2.24, 2.45) is 0 Å². The number of piperazine rings is 1. The SMILES string of the molecule is CN1CCN(Cc2ccc(-c3cnc4c(c3)C(c3ccc(O)cc3)=CC4)cc2)CC1. The highest BCUT2D eigenvalue weighted by Gasteiger charge is 2.18. The fourth-order valence-electron chi connectivity index (χ4n) is 4.34. The van der Waals surface area contributed by atoms with Crippen LogP contribution in [0, 0.1) is 0 Å². The van der Waals surface area contributed by atoms with Gasteiger partial charge in [0.1, 0.15) is 5.75 Å². The summed E-state index contributed by atoms with van der Waals surface area (Å²) in [6.07, 6.45) is 5.07. The summed E-state index contributed by atoms with van der Waals surface area (Å²) in [4.78, 5) is 9.66. The summed E-state index contributed by atoms with van der Waals surface area (Å²) in [7, 11) is 2.19. The number of benzene rings is 2. The van der Waals surface area contributed by atoms with Crippen LogP contribution < -0.4 is 0 Å². The number of pyridine rings is 1. The molecule has 3 aromatic rings. The Morgan fingerprint density at radius 2 is 1.57 bits per heavy atom. The molecule has 30 heavy (non-hydrogen) atoms. The van der Waals surface area contributed by atoms with Crippen LogP contribution in [0.4, 0.5) is 0 Å². The number of hydrogen-bond acceptors (Lipinski definition) is 4. The smallest absolute Gasteiger partial charge is 0.115 e. The number of likely N-dealkylation sites (N-methyl/N-ethyl adjacent to an activating group) is 1. The van der Waals surface area contributed by atoms with Crippen molar-refractivity contribution in [1.29, 1.82) is 0 Å². The first-order chi connectivity index (χ1) is 14.7. The molecule has 0 radical (unpaired) electrons. The second kappa shape index (κ2) is 8.05. The van der Waals surface area contributed by atoms with Crippen molar-refractivity contribution >= 4 is 5.57 Å². The molecule has 1 aromatic heterocycles. The number of nitrogens with zero attached hydrogens (tertiary/aromatic N) is 3. The van der Waals surface area contributed by atoms with Gasteiger partial charge in [0, 0.05) is 56.5 Å². The molecule has 1 aliphatic heterocycles. The van der Waals surface area contributed by atoms with Gasteiger partial charge in [-0.1, -0.05) is 42.5 Å². The first-order valence-corrected chi connectivity index (χ1v) is 10.6. The highest BCUT2D eigenvalue weighted by molar-refractivity contribution is 5.86. The normalized spacial score (nSPS) is 17.0. The van der Waals surface area contributed by atoms with E-state index in [0.717, 1.165) is 56.0 Å². The van der Waals surface area contributed by atoms with Gasteiger partial charge in [-0.05, 0) is 47.5 Å². The molecule has 1 aliphatic carbocycles. The predicted molar refractivity (Wildman–Crippen MR) is 121 cm³/mol. The van der Waals surface area contributed by atoms with Crippen molar-refractivity contribution in [3.05, 3.63) is 89.3 Å². The van der Waals surface area contributed by atoms with Gasteiger partial charge in [0.05, 0.1) is 5.69 Å². The number of aromatic nitrogens is 1. The summed E-state index contributed by atoms with van der Waals surface area (Å²) < 4.78 is 0. The number of fused-ring (bicyclic) bond motifs is 1. The monoisotopic (exact) mass is 397 g/mol. The number of allylic oxidation sites excluding steroid dienone is 1. The van der Waals surface area contributed by atoms with Crippen molar-refractivity contribution < 1.29 is 5.11 Å². The Kier molecular flexibility index (Phi) is 5.11. The summed E-state index contributed by atoms with van der Waals surface area (Å²) in [5.41, 5.74) is 8.34. The third-order valence-electron chi connectivity index (χ3n) is 6.23. The maximum absolute atomic E-state index is 9.59. The molecule has 1 saturated heterocycles. The van der Waals surface area contributed by atoms with E-state index in [9.17, 15) is 5.11 Å². The van der Waals surface area contributed by atoms with Crippen molar-refractivity contribution in [2.75, 3.05) is 33.2 Å². The molecule has 4 heteroatoms. The molecule has 1 N–H and O–H groups in total. The number of phenolic OH excluding ortho intramolecular Hbond substituents is 1. The van der Waals surface area contributed by atoms with E-state index in [-0.39, 0.29) is 0 Å². The molecule has 5 rings (SSSR count). The first-order valence-electron chi connectivity index (χ1n) is 10.6. The van der Waals surface area contributed by atoms with Gasteiger partial charge < -0.3 is 10.0 Å². The Morgan fingerprint density at radius 1 is 0.867 bits per heavy atom. The zero-order valence-corrected chi connectivity index (χ0v) is 17.4. The number of hydrogen-bond donors (Lipinski definition) is 1. The molecule has 0 spiro atoms. The van der Waals surface area contributed by atoms with Gasteiger partial charge in [-0.15, -0.1) is 0 Å². The lowest BCUT2D eigenvalue weighted by Gasteiger charge is -2.32. The largest absolute Gasteiger partial charge is 0.508 e. The average Bonchev–Trinajstić information content (AvgIpc) is 3.20. The Balaban J connectivity index is 1.35. The van der Waals surface area contributed by atoms with E-state index in [1.54, 1.807) is 12.1 Å². The van der Waals surface area contributed by atoms with Gasteiger partial charge >= 0.3 is 0 Å². The van der Waals surface area contributed by atoms with E-state index in [0.29, 0.717) is 5.75 Å². The molecule has 0 bridgehead atoms. The fraction of sp³-hybridized carbons (Fsp3) is 0.269. The van der Waals surface area contributed by atoms with E-state index in [1.807, 2.05) is 18.3 Å². The number of phenols is 1. The van der Waals surface area contributed by atoms with Gasteiger partial charge in [-0.25, -0.2) is 0 Å². The Labute approximate surface area is 178 Å². The van der Waals surface area contributed by atoms with E-state index in [4.69, 9.17) is 4.98 Å². The van der Waals surface area contributed by atoms with Gasteiger partial charge in [0.15, 0.2) is 0 Å². The minimum absolute atomic E-state index is 0.293. The first kappa shape index (κ1) is 19.0. The third-order valence-corrected chi connectivity index (χ3v) is 6.23. The maximum Gasteiger partial charge on any atom is 0.115 e. The van der Waals surface area contributed by atoms with Crippen molar-refractivity contribution in [1.82, 2.24) is 14.8 Å². The summed E-state index contributed by atoms with van der Waals surface area (Å²) in [5, 5.41) is 9.59. The molecule has 2 aliphatic rings. The fourth-order valence-corrected chi connectivity index (χ4v) is 4.34. The highest BCUT2D eigenvalue weighted by Crippen LogP contribution is 2.35. The number of rotatable bonds is 4. The van der Waals surface area contributed by atoms with Crippen LogP contribution in [-0.4, -0.2) is 53.1 Å². The van der Waals surface area contributed by atoms with Crippen LogP contribution in [0.2, 0.25) is 0 Å². The third kappa shape index (κ3) is 3.89. The Bertz CT molecular complexity index is 1060. The standard InChI is InChI=1S/C26H27N3O/c1-28-12-14-29(15-13-28)18-19-2-4-20(5-3-19)22-16-25-24(10-11-26(25)27-17-22)21-6-8-23(30)9-7-21/h2-10,16-17,30H,11-15,18H2,1H3. The van der Waals surface area contributed by atoms with Crippen LogP contribution in [0.15, 0.2) is 66.9 Å². The molecule has 0 amide bonds. The molecule has 2 aromatic carbocycles. The molecule has 0 unspecified atom stereocenters. The summed E-state index contributed by atoms with van der Waals surface area (Å²) in [5.74, 6) is 0.293. The molecule has 4 nitrogen and oxygen atoms in total. The minimum atomic E-state index is 0.293. The van der Waals surface area contributed by atoms with Crippen LogP contribution in [0.25, 0.3) is 16.7 Å². The molecule has 152 valence electrons. The Hall–Kier alpha value is -2.95. The molecular formula is C26H27N3O. The van der Waals surface area contributed by atoms with E-state index in [1.165, 1.54) is 22.3 Å². The topological polar surface area (TPSA) is 39.6 Å². The summed E-state index contributed by atoms with van der Waals surface area (Å²) >= 11 is 0. The molecule has 0 atom stereocenters. The van der Waals surface area contributed by atoms with Crippen LogP contribution in [-0.2, 0) is 13.0 Å². The lowest BCUT2D eigenvalue weighted by atomic mass is 9.97. The number of aromatic hydroxyl groups is 1. The zero-order valence-electron chi connectivity index (χ0n) is 17.4. The lowest BCUT2D eigenvalue weighted by Crippen LogP contribution is -2.43. The zero-order chi connectivity index (χ0) is 20.5. The quantitative estimate of drug-likeness (QED) is 0.717. The predicted octanol–water partition coefficient (Wildman–Crippen LogP) is 4.19. The second-order valence-electron chi connectivity index (χ2n) is 8.36. The highest BCUT2D eigenvalue weighted by atomic mass is 16.3. The molecule has 2 heterocycles. The van der Waals surface area contributed by atoms with Gasteiger partial charge in [0.25, 0.3) is 0 Å². The van der Waals surface area contributed by atoms with Gasteiger partial charge in [0.2, 0.25) is 0 Å². The van der Waals surface area contributed by atoms with Crippen molar-refractivity contribution in [2.45, 2.75) is 13.0 Å². The molecule has 0 saturated carbocycles. The van der Waals surface area contributed by atoms with Crippen LogP contribution >= 0.6 is 0 Å². The molecular weight excluding hydrogens is 370 g/mol. The van der Waals surface area contributed by atoms with E-state index < -0.39 is 0 Å². The van der Waals surface area contributed by atoms with Crippen LogP contribution in [0.1, 0.15) is 22.4 Å². The molecule has 1 fully saturated rings. The second-order valence-corrected chi connectivity index (χ2v) is 8.36. The van der Waals surface area contributed by atoms with Gasteiger partial charge in [-0.3, -0.25) is 9.88 Å². The van der Waals surface area contributed by atoms with E-state index in [2.05, 4.69) is 53.3 Å². The average molecular weight is 398 g/mol. The maximum atomic E-state index is 9.59. The minimum Gasteiger partial charge on any atom is -0.508 e. The van der Waals surface area contributed by atoms with E-state index >= 15 is 0 Å². The van der Waals surface area contributed by atoms with Crippen molar-refractivity contribution in [3.63, 3.8) is 0 Å².